The maximum atomic E-state index is 6.68. The van der Waals surface area contributed by atoms with Crippen LogP contribution in [0.4, 0.5) is 51.2 Å². The molecule has 0 N–H and O–H groups in total. The Morgan fingerprint density at radius 2 is 0.872 bits per heavy atom. The molecule has 2 aliphatic rings. The Bertz CT molecular complexity index is 4700. The van der Waals surface area contributed by atoms with Crippen molar-refractivity contribution in [1.29, 1.82) is 0 Å². The van der Waals surface area contributed by atoms with E-state index in [0.717, 1.165) is 93.8 Å². The summed E-state index contributed by atoms with van der Waals surface area (Å²) in [5.74, 6) is 0. The molecule has 0 fully saturated rings. The summed E-state index contributed by atoms with van der Waals surface area (Å²) < 4.78 is 7.83. The maximum Gasteiger partial charge on any atom is 0.252 e. The van der Waals surface area contributed by atoms with E-state index in [0.29, 0.717) is 0 Å². The monoisotopic (exact) mass is 1130 g/mol. The lowest BCUT2D eigenvalue weighted by atomic mass is 9.33. The Kier molecular flexibility index (Phi) is 12.5. The third-order valence-electron chi connectivity index (χ3n) is 17.7. The van der Waals surface area contributed by atoms with E-state index in [1.165, 1.54) is 55.5 Å². The zero-order valence-electron chi connectivity index (χ0n) is 50.3. The van der Waals surface area contributed by atoms with Crippen LogP contribution in [0.1, 0.15) is 79.0 Å². The highest BCUT2D eigenvalue weighted by atomic mass is 32.1. The van der Waals surface area contributed by atoms with Gasteiger partial charge in [-0.3, -0.25) is 0 Å². The van der Waals surface area contributed by atoms with Gasteiger partial charge in [0.2, 0.25) is 0 Å². The number of para-hydroxylation sites is 2. The molecule has 418 valence electrons. The molecule has 2 aliphatic heterocycles. The van der Waals surface area contributed by atoms with Crippen molar-refractivity contribution in [3.8, 4) is 32.8 Å². The minimum absolute atomic E-state index is 0.0211. The van der Waals surface area contributed by atoms with Gasteiger partial charge in [0.05, 0.1) is 10.2 Å². The number of fused-ring (bicyclic) bond motifs is 8. The van der Waals surface area contributed by atoms with E-state index in [1.54, 1.807) is 11.3 Å². The topological polar surface area (TPSA) is 35.8 Å². The summed E-state index contributed by atoms with van der Waals surface area (Å²) in [4.78, 5) is 13.1. The Morgan fingerprint density at radius 3 is 1.48 bits per heavy atom. The van der Waals surface area contributed by atoms with Gasteiger partial charge < -0.3 is 19.1 Å². The first-order chi connectivity index (χ1) is 41.5. The van der Waals surface area contributed by atoms with Crippen LogP contribution in [0.5, 0.6) is 0 Å². The van der Waals surface area contributed by atoms with Crippen LogP contribution in [-0.4, -0.2) is 11.7 Å². The molecular formula is C79H67BN4OS. The third kappa shape index (κ3) is 9.19. The molecule has 0 saturated heterocycles. The van der Waals surface area contributed by atoms with E-state index in [2.05, 4.69) is 320 Å². The molecule has 5 nitrogen and oxygen atoms in total. The normalized spacial score (nSPS) is 13.1. The van der Waals surface area contributed by atoms with Crippen molar-refractivity contribution < 1.29 is 4.42 Å². The highest BCUT2D eigenvalue weighted by Crippen LogP contribution is 2.50. The lowest BCUT2D eigenvalue weighted by Crippen LogP contribution is -2.61. The third-order valence-corrected chi connectivity index (χ3v) is 18.8. The molecule has 4 heterocycles. The van der Waals surface area contributed by atoms with Crippen LogP contribution < -0.4 is 31.1 Å². The van der Waals surface area contributed by atoms with Gasteiger partial charge in [-0.05, 0) is 175 Å². The summed E-state index contributed by atoms with van der Waals surface area (Å²) in [5, 5.41) is 3.16. The fraction of sp³-hybridized carbons (Fsp3) is 0.152. The van der Waals surface area contributed by atoms with Crippen LogP contribution >= 0.6 is 11.3 Å². The first-order valence-electron chi connectivity index (χ1n) is 30.1. The zero-order chi connectivity index (χ0) is 58.8. The van der Waals surface area contributed by atoms with E-state index in [-0.39, 0.29) is 23.0 Å². The second-order valence-electron chi connectivity index (χ2n) is 26.5. The molecule has 11 aromatic carbocycles. The molecule has 0 saturated carbocycles. The van der Waals surface area contributed by atoms with Crippen LogP contribution in [0, 0.1) is 0 Å². The van der Waals surface area contributed by atoms with Crippen LogP contribution in [0.2, 0.25) is 0 Å². The zero-order valence-corrected chi connectivity index (χ0v) is 51.1. The molecule has 13 aromatic rings. The number of rotatable bonds is 8. The molecule has 15 rings (SSSR count). The molecule has 0 bridgehead atoms. The van der Waals surface area contributed by atoms with E-state index in [1.807, 2.05) is 0 Å². The van der Waals surface area contributed by atoms with Gasteiger partial charge in [-0.15, -0.1) is 11.3 Å². The van der Waals surface area contributed by atoms with Gasteiger partial charge in [-0.2, -0.15) is 0 Å². The van der Waals surface area contributed by atoms with Gasteiger partial charge in [-0.25, -0.2) is 4.98 Å². The molecule has 2 aromatic heterocycles. The van der Waals surface area contributed by atoms with Gasteiger partial charge in [0, 0.05) is 67.5 Å². The van der Waals surface area contributed by atoms with Gasteiger partial charge in [0.25, 0.3) is 6.71 Å². The fourth-order valence-electron chi connectivity index (χ4n) is 13.0. The highest BCUT2D eigenvalue weighted by molar-refractivity contribution is 7.22. The second kappa shape index (κ2) is 20.1. The number of thiazole rings is 1. The standard InChI is InChI=1S/C79H67BN4OS/c1-77(2,3)55-32-29-52(30-33-55)51-25-27-53(28-26-51)76-81-67-49-69-66(48-74(67)86-76)80-65-40-38-62(82(58-21-15-11-16-22-58)59-23-17-12-18-24-59)47-68(65)83(60-36-34-56(35-37-60)78(4,5)6)70-44-57(79(7,8)9)45-71(75(70)80)84(69)61-39-42-73-64(46-61)63-43-54(31-41-72(63)85-73)50-19-13-10-14-20-50/h10-49H,1-9H3. The van der Waals surface area contributed by atoms with Crippen molar-refractivity contribution >= 4 is 118 Å². The summed E-state index contributed by atoms with van der Waals surface area (Å²) in [6.07, 6.45) is 0. The van der Waals surface area contributed by atoms with Crippen LogP contribution in [0.25, 0.3) is 65.0 Å². The largest absolute Gasteiger partial charge is 0.456 e. The number of aromatic nitrogens is 1. The summed E-state index contributed by atoms with van der Waals surface area (Å²) in [6, 6.07) is 90.0. The van der Waals surface area contributed by atoms with Crippen molar-refractivity contribution in [3.63, 3.8) is 0 Å². The molecular weight excluding hydrogens is 1060 g/mol. The minimum Gasteiger partial charge on any atom is -0.456 e. The van der Waals surface area contributed by atoms with Crippen LogP contribution in [0.3, 0.4) is 0 Å². The van der Waals surface area contributed by atoms with E-state index < -0.39 is 0 Å². The molecule has 0 spiro atoms. The van der Waals surface area contributed by atoms with Crippen LogP contribution in [0.15, 0.2) is 247 Å². The summed E-state index contributed by atoms with van der Waals surface area (Å²) in [6.45, 7) is 20.6. The Balaban J connectivity index is 0.978. The van der Waals surface area contributed by atoms with E-state index in [4.69, 9.17) is 9.40 Å². The quantitative estimate of drug-likeness (QED) is 0.142. The SMILES string of the molecule is CC(C)(C)c1ccc(-c2ccc(-c3nc4cc5c(cc4s3)B3c4ccc(N(c6ccccc6)c6ccccc6)cc4N(c4ccc(C(C)(C)C)cc4)c4cc(C(C)(C)C)cc(c43)N5c3ccc4oc5ccc(-c6ccccc6)cc5c4c3)cc2)cc1. The minimum atomic E-state index is -0.216. The molecule has 86 heavy (non-hydrogen) atoms. The second-order valence-corrected chi connectivity index (χ2v) is 27.5. The Morgan fingerprint density at radius 1 is 0.384 bits per heavy atom. The van der Waals surface area contributed by atoms with Crippen molar-refractivity contribution in [1.82, 2.24) is 4.98 Å². The van der Waals surface area contributed by atoms with Crippen molar-refractivity contribution in [3.05, 3.63) is 259 Å². The Hall–Kier alpha value is -9.43. The fourth-order valence-corrected chi connectivity index (χ4v) is 14.0. The molecule has 0 aliphatic carbocycles. The van der Waals surface area contributed by atoms with Gasteiger partial charge >= 0.3 is 0 Å². The number of nitrogens with zero attached hydrogens (tertiary/aromatic N) is 4. The number of hydrogen-bond donors (Lipinski definition) is 0. The van der Waals surface area contributed by atoms with Crippen molar-refractivity contribution in [2.75, 3.05) is 14.7 Å². The summed E-state index contributed by atoms with van der Waals surface area (Å²) in [7, 11) is 0. The predicted molar refractivity (Wildman–Crippen MR) is 368 cm³/mol. The van der Waals surface area contributed by atoms with Gasteiger partial charge in [0.15, 0.2) is 0 Å². The number of benzene rings is 11. The summed E-state index contributed by atoms with van der Waals surface area (Å²) >= 11 is 1.78. The highest BCUT2D eigenvalue weighted by Gasteiger charge is 2.45. The van der Waals surface area contributed by atoms with Crippen molar-refractivity contribution in [2.24, 2.45) is 0 Å². The summed E-state index contributed by atoms with van der Waals surface area (Å²) in [5.41, 5.74) is 26.1. The maximum absolute atomic E-state index is 6.68. The molecule has 0 unspecified atom stereocenters. The Labute approximate surface area is 509 Å². The smallest absolute Gasteiger partial charge is 0.252 e. The van der Waals surface area contributed by atoms with E-state index in [9.17, 15) is 0 Å². The lowest BCUT2D eigenvalue weighted by Gasteiger charge is -2.45. The molecule has 0 atom stereocenters. The molecule has 0 radical (unpaired) electrons. The van der Waals surface area contributed by atoms with Crippen LogP contribution in [-0.2, 0) is 16.2 Å². The van der Waals surface area contributed by atoms with Gasteiger partial charge in [-0.1, -0.05) is 202 Å². The van der Waals surface area contributed by atoms with Crippen molar-refractivity contribution in [2.45, 2.75) is 78.6 Å². The van der Waals surface area contributed by atoms with Gasteiger partial charge in [0.1, 0.15) is 16.2 Å². The first-order valence-corrected chi connectivity index (χ1v) is 30.9. The number of furan rings is 1. The lowest BCUT2D eigenvalue weighted by molar-refractivity contribution is 0.590. The molecule has 0 amide bonds. The number of anilines is 9. The number of hydrogen-bond acceptors (Lipinski definition) is 6. The van der Waals surface area contributed by atoms with E-state index >= 15 is 0 Å². The average molecular weight is 1130 g/mol. The molecule has 7 heteroatoms. The average Bonchev–Trinajstić information content (AvgIpc) is 0.855. The predicted octanol–water partition coefficient (Wildman–Crippen LogP) is 20.6. The first kappa shape index (κ1) is 53.3.